The Hall–Kier alpha value is -6.39. The maximum Gasteiger partial charge on any atom is 0.166 e. The number of benzene rings is 7. The van der Waals surface area contributed by atoms with Gasteiger partial charge in [0.1, 0.15) is 0 Å². The summed E-state index contributed by atoms with van der Waals surface area (Å²) in [5, 5.41) is 4.81. The van der Waals surface area contributed by atoms with Crippen LogP contribution in [0.1, 0.15) is 0 Å². The average molecular weight is 601 g/mol. The second-order valence-electron chi connectivity index (χ2n) is 11.7. The highest BCUT2D eigenvalue weighted by Crippen LogP contribution is 2.40. The van der Waals surface area contributed by atoms with Crippen molar-refractivity contribution in [2.45, 2.75) is 0 Å². The molecule has 4 heteroatoms. The number of hydrogen-bond acceptors (Lipinski definition) is 3. The minimum atomic E-state index is 0.624. The van der Waals surface area contributed by atoms with Crippen molar-refractivity contribution in [2.24, 2.45) is 0 Å². The van der Waals surface area contributed by atoms with Crippen LogP contribution in [0, 0.1) is 0 Å². The second-order valence-corrected chi connectivity index (χ2v) is 11.7. The Bertz CT molecular complexity index is 2500. The van der Waals surface area contributed by atoms with E-state index in [1.54, 1.807) is 0 Å². The van der Waals surface area contributed by atoms with Gasteiger partial charge in [-0.2, -0.15) is 0 Å². The summed E-state index contributed by atoms with van der Waals surface area (Å²) in [7, 11) is 0. The van der Waals surface area contributed by atoms with E-state index in [1.807, 2.05) is 60.7 Å². The Kier molecular flexibility index (Phi) is 6.43. The molecule has 0 spiro atoms. The van der Waals surface area contributed by atoms with Gasteiger partial charge in [-0.15, -0.1) is 0 Å². The lowest BCUT2D eigenvalue weighted by Crippen LogP contribution is -2.04. The molecule has 0 N–H and O–H groups in total. The summed E-state index contributed by atoms with van der Waals surface area (Å²) in [5.41, 5.74) is 8.39. The number of hydrogen-bond donors (Lipinski definition) is 0. The van der Waals surface area contributed by atoms with Crippen LogP contribution in [0.3, 0.4) is 0 Å². The third kappa shape index (κ3) is 4.66. The van der Waals surface area contributed by atoms with Crippen LogP contribution in [0.15, 0.2) is 170 Å². The molecule has 0 atom stereocenters. The summed E-state index contributed by atoms with van der Waals surface area (Å²) in [5.74, 6) is 1.90. The van der Waals surface area contributed by atoms with Crippen molar-refractivity contribution in [1.82, 2.24) is 19.5 Å². The first kappa shape index (κ1) is 27.0. The van der Waals surface area contributed by atoms with Crippen molar-refractivity contribution in [3.63, 3.8) is 0 Å². The van der Waals surface area contributed by atoms with Gasteiger partial charge in [-0.05, 0) is 34.7 Å². The zero-order valence-corrected chi connectivity index (χ0v) is 25.5. The Morgan fingerprint density at radius 1 is 0.362 bits per heavy atom. The van der Waals surface area contributed by atoms with E-state index in [-0.39, 0.29) is 0 Å². The molecule has 2 heterocycles. The van der Waals surface area contributed by atoms with E-state index >= 15 is 0 Å². The largest absolute Gasteiger partial charge is 0.308 e. The lowest BCUT2D eigenvalue weighted by Gasteiger charge is -2.17. The molecular formula is C43H28N4. The molecule has 7 aromatic carbocycles. The van der Waals surface area contributed by atoms with E-state index in [9.17, 15) is 0 Å². The van der Waals surface area contributed by atoms with Gasteiger partial charge in [-0.3, -0.25) is 0 Å². The Labute approximate surface area is 272 Å². The van der Waals surface area contributed by atoms with Crippen LogP contribution in [-0.4, -0.2) is 19.5 Å². The third-order valence-corrected chi connectivity index (χ3v) is 8.85. The van der Waals surface area contributed by atoms with Gasteiger partial charge in [0.25, 0.3) is 0 Å². The highest BCUT2D eigenvalue weighted by Gasteiger charge is 2.21. The Balaban J connectivity index is 1.40. The Morgan fingerprint density at radius 3 is 1.60 bits per heavy atom. The molecule has 220 valence electrons. The summed E-state index contributed by atoms with van der Waals surface area (Å²) in [6.07, 6.45) is 0. The fraction of sp³-hybridized carbons (Fsp3) is 0. The lowest BCUT2D eigenvalue weighted by atomic mass is 10.0. The van der Waals surface area contributed by atoms with Crippen LogP contribution in [-0.2, 0) is 0 Å². The van der Waals surface area contributed by atoms with Gasteiger partial charge in [-0.1, -0.05) is 152 Å². The van der Waals surface area contributed by atoms with Crippen LogP contribution < -0.4 is 0 Å². The van der Waals surface area contributed by atoms with Gasteiger partial charge in [0, 0.05) is 32.8 Å². The summed E-state index contributed by atoms with van der Waals surface area (Å²) >= 11 is 0. The highest BCUT2D eigenvalue weighted by molar-refractivity contribution is 6.18. The van der Waals surface area contributed by atoms with Gasteiger partial charge in [0.2, 0.25) is 0 Å². The molecule has 0 unspecified atom stereocenters. The highest BCUT2D eigenvalue weighted by atomic mass is 15.1. The van der Waals surface area contributed by atoms with Crippen molar-refractivity contribution >= 4 is 32.6 Å². The van der Waals surface area contributed by atoms with Crippen LogP contribution in [0.25, 0.3) is 83.6 Å². The van der Waals surface area contributed by atoms with E-state index in [0.717, 1.165) is 44.5 Å². The first-order valence-electron chi connectivity index (χ1n) is 15.8. The predicted octanol–water partition coefficient (Wildman–Crippen LogP) is 10.8. The normalized spacial score (nSPS) is 11.4. The number of fused-ring (bicyclic) bond motifs is 5. The van der Waals surface area contributed by atoms with Gasteiger partial charge < -0.3 is 4.57 Å². The van der Waals surface area contributed by atoms with E-state index < -0.39 is 0 Å². The van der Waals surface area contributed by atoms with Crippen LogP contribution in [0.5, 0.6) is 0 Å². The van der Waals surface area contributed by atoms with E-state index in [2.05, 4.69) is 114 Å². The number of nitrogens with zero attached hydrogens (tertiary/aromatic N) is 4. The van der Waals surface area contributed by atoms with Gasteiger partial charge in [-0.25, -0.2) is 15.0 Å². The molecule has 0 aliphatic carbocycles. The van der Waals surface area contributed by atoms with E-state index in [4.69, 9.17) is 15.0 Å². The monoisotopic (exact) mass is 600 g/mol. The summed E-state index contributed by atoms with van der Waals surface area (Å²) in [6.45, 7) is 0. The molecule has 0 bridgehead atoms. The molecular weight excluding hydrogens is 573 g/mol. The minimum absolute atomic E-state index is 0.624. The van der Waals surface area contributed by atoms with Gasteiger partial charge in [0.15, 0.2) is 17.5 Å². The average Bonchev–Trinajstić information content (AvgIpc) is 3.50. The molecule has 0 aliphatic rings. The molecule has 0 saturated heterocycles. The first-order chi connectivity index (χ1) is 23.3. The summed E-state index contributed by atoms with van der Waals surface area (Å²) in [6, 6.07) is 59.2. The summed E-state index contributed by atoms with van der Waals surface area (Å²) < 4.78 is 2.41. The van der Waals surface area contributed by atoms with Crippen LogP contribution in [0.4, 0.5) is 0 Å². The topological polar surface area (TPSA) is 43.6 Å². The Morgan fingerprint density at radius 2 is 0.915 bits per heavy atom. The van der Waals surface area contributed by atoms with Crippen molar-refractivity contribution in [3.8, 4) is 51.0 Å². The number of rotatable bonds is 5. The molecule has 0 saturated carbocycles. The quantitative estimate of drug-likeness (QED) is 0.197. The van der Waals surface area contributed by atoms with E-state index in [1.165, 1.54) is 21.5 Å². The number of aromatic nitrogens is 4. The smallest absolute Gasteiger partial charge is 0.166 e. The standard InChI is InChI=1S/C43H28N4/c1-4-14-29(15-5-1)33-25-27-37(43-45-41(31-17-6-2-7-18-31)44-42(46-43)32-19-8-3-9-20-32)39(28-33)47-38-23-13-12-22-35(38)36-26-24-30-16-10-11-21-34(30)40(36)47/h1-28H. The van der Waals surface area contributed by atoms with Crippen molar-refractivity contribution in [1.29, 1.82) is 0 Å². The zero-order valence-electron chi connectivity index (χ0n) is 25.5. The predicted molar refractivity (Wildman–Crippen MR) is 193 cm³/mol. The van der Waals surface area contributed by atoms with E-state index in [0.29, 0.717) is 17.5 Å². The molecule has 0 amide bonds. The molecule has 2 aromatic heterocycles. The van der Waals surface area contributed by atoms with Crippen LogP contribution in [0.2, 0.25) is 0 Å². The van der Waals surface area contributed by atoms with Crippen LogP contribution >= 0.6 is 0 Å². The van der Waals surface area contributed by atoms with Crippen molar-refractivity contribution < 1.29 is 0 Å². The van der Waals surface area contributed by atoms with Crippen molar-refractivity contribution in [2.75, 3.05) is 0 Å². The third-order valence-electron chi connectivity index (χ3n) is 8.85. The number of para-hydroxylation sites is 1. The van der Waals surface area contributed by atoms with Gasteiger partial charge >= 0.3 is 0 Å². The fourth-order valence-electron chi connectivity index (χ4n) is 6.63. The second kappa shape index (κ2) is 11.2. The minimum Gasteiger partial charge on any atom is -0.308 e. The molecule has 9 aromatic rings. The lowest BCUT2D eigenvalue weighted by molar-refractivity contribution is 1.06. The molecule has 0 radical (unpaired) electrons. The summed E-state index contributed by atoms with van der Waals surface area (Å²) in [4.78, 5) is 15.3. The van der Waals surface area contributed by atoms with Gasteiger partial charge in [0.05, 0.1) is 16.7 Å². The first-order valence-corrected chi connectivity index (χ1v) is 15.8. The maximum absolute atomic E-state index is 5.16. The zero-order chi connectivity index (χ0) is 31.2. The molecule has 0 aliphatic heterocycles. The maximum atomic E-state index is 5.16. The molecule has 9 rings (SSSR count). The fourth-order valence-corrected chi connectivity index (χ4v) is 6.63. The molecule has 0 fully saturated rings. The SMILES string of the molecule is c1ccc(-c2ccc(-c3nc(-c4ccccc4)nc(-c4ccccc4)n3)c(-n3c4ccccc4c4ccc5ccccc5c43)c2)cc1. The van der Waals surface area contributed by atoms with Crippen molar-refractivity contribution in [3.05, 3.63) is 170 Å². The molecule has 47 heavy (non-hydrogen) atoms. The molecule has 4 nitrogen and oxygen atoms in total.